The smallest absolute Gasteiger partial charge is 0.289 e. The molecule has 0 aliphatic heterocycles. The Morgan fingerprint density at radius 3 is 2.50 bits per heavy atom. The lowest BCUT2D eigenvalue weighted by Crippen LogP contribution is -2.32. The van der Waals surface area contributed by atoms with E-state index in [-0.39, 0.29) is 30.6 Å². The minimum absolute atomic E-state index is 0. The molecule has 0 aliphatic rings. The highest BCUT2D eigenvalue weighted by Crippen LogP contribution is 2.14. The molecular formula is C17H24ClN3O4S. The maximum atomic E-state index is 12.7. The third-order valence-corrected chi connectivity index (χ3v) is 4.19. The van der Waals surface area contributed by atoms with Crippen molar-refractivity contribution in [3.8, 4) is 0 Å². The molecule has 0 saturated carbocycles. The zero-order valence-corrected chi connectivity index (χ0v) is 16.2. The summed E-state index contributed by atoms with van der Waals surface area (Å²) in [4.78, 5) is 14.4. The fourth-order valence-corrected chi connectivity index (χ4v) is 2.69. The van der Waals surface area contributed by atoms with Crippen LogP contribution < -0.4 is 10.5 Å². The maximum Gasteiger partial charge on any atom is 0.289 e. The SMILES string of the molecule is CS(=O)(=O)NCc1ccc(C(=O)N(CCCN)Cc2ccccc2)o1.Cl. The number of carbonyl (C=O) groups is 1. The van der Waals surface area contributed by atoms with Crippen molar-refractivity contribution in [2.75, 3.05) is 19.3 Å². The van der Waals surface area contributed by atoms with Gasteiger partial charge < -0.3 is 15.1 Å². The van der Waals surface area contributed by atoms with Crippen molar-refractivity contribution in [3.63, 3.8) is 0 Å². The summed E-state index contributed by atoms with van der Waals surface area (Å²) in [5, 5.41) is 0. The lowest BCUT2D eigenvalue weighted by Gasteiger charge is -2.21. The van der Waals surface area contributed by atoms with Gasteiger partial charge >= 0.3 is 0 Å². The van der Waals surface area contributed by atoms with Crippen LogP contribution in [0.1, 0.15) is 28.3 Å². The van der Waals surface area contributed by atoms with E-state index in [1.54, 1.807) is 17.0 Å². The Morgan fingerprint density at radius 2 is 1.88 bits per heavy atom. The van der Waals surface area contributed by atoms with E-state index in [9.17, 15) is 13.2 Å². The number of halogens is 1. The van der Waals surface area contributed by atoms with Crippen molar-refractivity contribution < 1.29 is 17.6 Å². The molecule has 0 unspecified atom stereocenters. The lowest BCUT2D eigenvalue weighted by atomic mass is 10.2. The molecule has 3 N–H and O–H groups in total. The Kier molecular flexibility index (Phi) is 8.80. The predicted molar refractivity (Wildman–Crippen MR) is 102 cm³/mol. The van der Waals surface area contributed by atoms with Crippen LogP contribution in [0, 0.1) is 0 Å². The Hall–Kier alpha value is -1.87. The van der Waals surface area contributed by atoms with E-state index in [1.165, 1.54) is 0 Å². The topological polar surface area (TPSA) is 106 Å². The molecular weight excluding hydrogens is 378 g/mol. The second-order valence-corrected chi connectivity index (χ2v) is 7.55. The van der Waals surface area contributed by atoms with E-state index in [0.29, 0.717) is 31.8 Å². The third-order valence-electron chi connectivity index (χ3n) is 3.52. The summed E-state index contributed by atoms with van der Waals surface area (Å²) in [6.07, 6.45) is 1.75. The van der Waals surface area contributed by atoms with Gasteiger partial charge in [-0.05, 0) is 30.7 Å². The Balaban J connectivity index is 0.00000338. The molecule has 0 saturated heterocycles. The fourth-order valence-electron chi connectivity index (χ4n) is 2.28. The van der Waals surface area contributed by atoms with Crippen molar-refractivity contribution in [3.05, 3.63) is 59.5 Å². The number of nitrogens with one attached hydrogen (secondary N) is 1. The quantitative estimate of drug-likeness (QED) is 0.665. The summed E-state index contributed by atoms with van der Waals surface area (Å²) < 4.78 is 30.1. The number of nitrogens with zero attached hydrogens (tertiary/aromatic N) is 1. The summed E-state index contributed by atoms with van der Waals surface area (Å²) in [6.45, 7) is 1.47. The number of sulfonamides is 1. The van der Waals surface area contributed by atoms with Crippen LogP contribution in [0.5, 0.6) is 0 Å². The molecule has 1 aromatic heterocycles. The number of hydrogen-bond acceptors (Lipinski definition) is 5. The van der Waals surface area contributed by atoms with Gasteiger partial charge in [0.15, 0.2) is 5.76 Å². The van der Waals surface area contributed by atoms with Gasteiger partial charge in [-0.1, -0.05) is 30.3 Å². The zero-order valence-electron chi connectivity index (χ0n) is 14.6. The summed E-state index contributed by atoms with van der Waals surface area (Å²) in [7, 11) is -3.32. The maximum absolute atomic E-state index is 12.7. The molecule has 144 valence electrons. The van der Waals surface area contributed by atoms with Gasteiger partial charge in [0.05, 0.1) is 12.8 Å². The van der Waals surface area contributed by atoms with Crippen molar-refractivity contribution >= 4 is 28.3 Å². The Bertz CT molecular complexity index is 793. The first kappa shape index (κ1) is 22.2. The highest BCUT2D eigenvalue weighted by molar-refractivity contribution is 7.88. The largest absolute Gasteiger partial charge is 0.455 e. The molecule has 1 heterocycles. The standard InChI is InChI=1S/C17H23N3O4S.ClH/c1-25(22,23)19-12-15-8-9-16(24-15)17(21)20(11-5-10-18)13-14-6-3-2-4-7-14;/h2-4,6-9,19H,5,10-13,18H2,1H3;1H. The normalized spacial score (nSPS) is 11.0. The van der Waals surface area contributed by atoms with Crippen LogP contribution >= 0.6 is 12.4 Å². The van der Waals surface area contributed by atoms with Crippen molar-refractivity contribution in [2.45, 2.75) is 19.5 Å². The minimum Gasteiger partial charge on any atom is -0.455 e. The zero-order chi connectivity index (χ0) is 18.3. The van der Waals surface area contributed by atoms with Gasteiger partial charge in [-0.25, -0.2) is 13.1 Å². The fraction of sp³-hybridized carbons (Fsp3) is 0.353. The molecule has 26 heavy (non-hydrogen) atoms. The molecule has 1 amide bonds. The highest BCUT2D eigenvalue weighted by Gasteiger charge is 2.19. The van der Waals surface area contributed by atoms with Gasteiger partial charge in [-0.15, -0.1) is 12.4 Å². The van der Waals surface area contributed by atoms with E-state index >= 15 is 0 Å². The van der Waals surface area contributed by atoms with Gasteiger partial charge in [0.1, 0.15) is 5.76 Å². The van der Waals surface area contributed by atoms with Crippen molar-refractivity contribution in [1.82, 2.24) is 9.62 Å². The number of hydrogen-bond donors (Lipinski definition) is 2. The monoisotopic (exact) mass is 401 g/mol. The van der Waals surface area contributed by atoms with Gasteiger partial charge in [-0.2, -0.15) is 0 Å². The van der Waals surface area contributed by atoms with Gasteiger partial charge in [-0.3, -0.25) is 4.79 Å². The first-order valence-electron chi connectivity index (χ1n) is 7.95. The molecule has 2 rings (SSSR count). The first-order valence-corrected chi connectivity index (χ1v) is 9.85. The molecule has 0 radical (unpaired) electrons. The number of amides is 1. The van der Waals surface area contributed by atoms with E-state index in [2.05, 4.69) is 4.72 Å². The second kappa shape index (κ2) is 10.3. The van der Waals surface area contributed by atoms with Crippen LogP contribution in [-0.2, 0) is 23.1 Å². The first-order chi connectivity index (χ1) is 11.9. The molecule has 0 spiro atoms. The molecule has 1 aromatic carbocycles. The summed E-state index contributed by atoms with van der Waals surface area (Å²) in [6, 6.07) is 12.8. The van der Waals surface area contributed by atoms with Gasteiger partial charge in [0, 0.05) is 13.1 Å². The molecule has 0 atom stereocenters. The predicted octanol–water partition coefficient (Wildman–Crippen LogP) is 1.74. The van der Waals surface area contributed by atoms with Crippen LogP contribution in [0.2, 0.25) is 0 Å². The van der Waals surface area contributed by atoms with Gasteiger partial charge in [0.2, 0.25) is 10.0 Å². The Morgan fingerprint density at radius 1 is 1.19 bits per heavy atom. The number of carbonyl (C=O) groups excluding carboxylic acids is 1. The molecule has 9 heteroatoms. The lowest BCUT2D eigenvalue weighted by molar-refractivity contribution is 0.0708. The van der Waals surface area contributed by atoms with Crippen molar-refractivity contribution in [1.29, 1.82) is 0 Å². The third kappa shape index (κ3) is 7.17. The summed E-state index contributed by atoms with van der Waals surface area (Å²) in [5.41, 5.74) is 6.58. The summed E-state index contributed by atoms with van der Waals surface area (Å²) in [5.74, 6) is 0.313. The number of furan rings is 1. The average molecular weight is 402 g/mol. The molecule has 0 aliphatic carbocycles. The van der Waals surface area contributed by atoms with Gasteiger partial charge in [0.25, 0.3) is 5.91 Å². The molecule has 7 nitrogen and oxygen atoms in total. The molecule has 0 bridgehead atoms. The number of nitrogens with two attached hydrogens (primary N) is 1. The van der Waals surface area contributed by atoms with E-state index in [0.717, 1.165) is 11.8 Å². The van der Waals surface area contributed by atoms with Crippen molar-refractivity contribution in [2.24, 2.45) is 5.73 Å². The highest BCUT2D eigenvalue weighted by atomic mass is 35.5. The van der Waals surface area contributed by atoms with Crippen LogP contribution in [0.25, 0.3) is 0 Å². The van der Waals surface area contributed by atoms with Crippen LogP contribution in [0.15, 0.2) is 46.9 Å². The number of rotatable bonds is 9. The second-order valence-electron chi connectivity index (χ2n) is 5.71. The van der Waals surface area contributed by atoms with Crippen LogP contribution in [0.4, 0.5) is 0 Å². The van der Waals surface area contributed by atoms with E-state index < -0.39 is 10.0 Å². The van der Waals surface area contributed by atoms with Crippen LogP contribution in [0.3, 0.4) is 0 Å². The molecule has 0 fully saturated rings. The number of benzene rings is 1. The Labute approximate surface area is 160 Å². The average Bonchev–Trinajstić information content (AvgIpc) is 3.05. The minimum atomic E-state index is -3.32. The van der Waals surface area contributed by atoms with E-state index in [1.807, 2.05) is 30.3 Å². The molecule has 2 aromatic rings. The van der Waals surface area contributed by atoms with E-state index in [4.69, 9.17) is 10.2 Å². The van der Waals surface area contributed by atoms with Crippen LogP contribution in [-0.4, -0.2) is 38.6 Å². The summed E-state index contributed by atoms with van der Waals surface area (Å²) >= 11 is 0.